The van der Waals surface area contributed by atoms with Crippen molar-refractivity contribution in [1.82, 2.24) is 19.6 Å². The Kier molecular flexibility index (Phi) is 7.61. The van der Waals surface area contributed by atoms with Crippen LogP contribution in [0.4, 0.5) is 23.1 Å². The average Bonchev–Trinajstić information content (AvgIpc) is 3.36. The van der Waals surface area contributed by atoms with Crippen LogP contribution in [0.3, 0.4) is 0 Å². The number of anilines is 4. The average molecular weight is 483 g/mol. The smallest absolute Gasteiger partial charge is 0.240 e. The van der Waals surface area contributed by atoms with E-state index >= 15 is 0 Å². The third kappa shape index (κ3) is 6.22. The van der Waals surface area contributed by atoms with Gasteiger partial charge in [0.15, 0.2) is 0 Å². The number of ether oxygens (including phenoxy) is 1. The molecule has 3 aromatic rings. The minimum atomic E-state index is -3.53. The molecule has 1 aromatic heterocycles. The van der Waals surface area contributed by atoms with Crippen molar-refractivity contribution in [2.75, 3.05) is 43.9 Å². The number of nitrogens with one attached hydrogen (secondary N) is 3. The van der Waals surface area contributed by atoms with Gasteiger partial charge in [-0.3, -0.25) is 4.90 Å². The molecular formula is C24H30N6O3S. The zero-order chi connectivity index (χ0) is 24.0. The second kappa shape index (κ2) is 10.8. The van der Waals surface area contributed by atoms with Gasteiger partial charge in [-0.25, -0.2) is 18.1 Å². The maximum atomic E-state index is 12.1. The number of hydrogen-bond acceptors (Lipinski definition) is 8. The zero-order valence-corrected chi connectivity index (χ0v) is 20.2. The molecule has 2 aromatic carbocycles. The van der Waals surface area contributed by atoms with E-state index in [1.54, 1.807) is 24.4 Å². The Bertz CT molecular complexity index is 1210. The van der Waals surface area contributed by atoms with Gasteiger partial charge in [-0.1, -0.05) is 6.07 Å². The molecule has 3 N–H and O–H groups in total. The van der Waals surface area contributed by atoms with Crippen LogP contribution < -0.4 is 20.1 Å². The minimum Gasteiger partial charge on any atom is -0.492 e. The molecule has 10 heteroatoms. The Morgan fingerprint density at radius 3 is 2.53 bits per heavy atom. The Labute approximate surface area is 200 Å². The van der Waals surface area contributed by atoms with Crippen molar-refractivity contribution < 1.29 is 13.2 Å². The summed E-state index contributed by atoms with van der Waals surface area (Å²) in [6, 6.07) is 14.3. The summed E-state index contributed by atoms with van der Waals surface area (Å²) in [6.45, 7) is 5.85. The van der Waals surface area contributed by atoms with Gasteiger partial charge in [0.05, 0.1) is 4.90 Å². The molecule has 0 spiro atoms. The molecule has 180 valence electrons. The Balaban J connectivity index is 1.39. The summed E-state index contributed by atoms with van der Waals surface area (Å²) in [7, 11) is -2.15. The van der Waals surface area contributed by atoms with Gasteiger partial charge < -0.3 is 15.4 Å². The molecule has 1 saturated heterocycles. The van der Waals surface area contributed by atoms with Gasteiger partial charge in [-0.2, -0.15) is 4.98 Å². The lowest BCUT2D eigenvalue weighted by Gasteiger charge is -2.15. The molecular weight excluding hydrogens is 452 g/mol. The van der Waals surface area contributed by atoms with Crippen molar-refractivity contribution in [3.63, 3.8) is 0 Å². The monoisotopic (exact) mass is 482 g/mol. The highest BCUT2D eigenvalue weighted by molar-refractivity contribution is 7.89. The van der Waals surface area contributed by atoms with E-state index in [2.05, 4.69) is 30.2 Å². The summed E-state index contributed by atoms with van der Waals surface area (Å²) in [6.07, 6.45) is 4.27. The number of sulfonamides is 1. The van der Waals surface area contributed by atoms with Gasteiger partial charge in [0.2, 0.25) is 16.0 Å². The van der Waals surface area contributed by atoms with Crippen LogP contribution in [0.5, 0.6) is 5.75 Å². The first-order valence-corrected chi connectivity index (χ1v) is 12.8. The maximum absolute atomic E-state index is 12.1. The Morgan fingerprint density at radius 1 is 1.03 bits per heavy atom. The standard InChI is InChI=1S/C24H30N6O3S/c1-18-17-26-24(29-23(18)27-20-6-5-7-22(16-20)34(31,32)25-2)28-19-8-10-21(11-9-19)33-15-14-30-12-3-4-13-30/h5-11,16-17,25H,3-4,12-15H2,1-2H3,(H2,26,27,28,29). The fourth-order valence-corrected chi connectivity index (χ4v) is 4.46. The summed E-state index contributed by atoms with van der Waals surface area (Å²) in [4.78, 5) is 11.5. The number of nitrogens with zero attached hydrogens (tertiary/aromatic N) is 3. The lowest BCUT2D eigenvalue weighted by Crippen LogP contribution is -2.25. The quantitative estimate of drug-likeness (QED) is 0.402. The SMILES string of the molecule is CNS(=O)(=O)c1cccc(Nc2nc(Nc3ccc(OCCN4CCCC4)cc3)ncc2C)c1. The first-order valence-electron chi connectivity index (χ1n) is 11.3. The van der Waals surface area contributed by atoms with Crippen LogP contribution in [-0.2, 0) is 10.0 Å². The zero-order valence-electron chi connectivity index (χ0n) is 19.4. The maximum Gasteiger partial charge on any atom is 0.240 e. The normalized spacial score (nSPS) is 14.2. The first-order chi connectivity index (χ1) is 16.4. The van der Waals surface area contributed by atoms with Crippen molar-refractivity contribution in [1.29, 1.82) is 0 Å². The van der Waals surface area contributed by atoms with E-state index in [0.717, 1.165) is 23.5 Å². The van der Waals surface area contributed by atoms with Gasteiger partial charge >= 0.3 is 0 Å². The van der Waals surface area contributed by atoms with E-state index in [-0.39, 0.29) is 4.90 Å². The minimum absolute atomic E-state index is 0.174. The second-order valence-electron chi connectivity index (χ2n) is 8.13. The first kappa shape index (κ1) is 23.9. The third-order valence-electron chi connectivity index (χ3n) is 5.63. The molecule has 9 nitrogen and oxygen atoms in total. The van der Waals surface area contributed by atoms with Crippen molar-refractivity contribution in [2.24, 2.45) is 0 Å². The Morgan fingerprint density at radius 2 is 1.79 bits per heavy atom. The van der Waals surface area contributed by atoms with Gasteiger partial charge in [0, 0.05) is 29.7 Å². The molecule has 0 radical (unpaired) electrons. The highest BCUT2D eigenvalue weighted by Crippen LogP contribution is 2.24. The van der Waals surface area contributed by atoms with Gasteiger partial charge in [-0.05, 0) is 82.4 Å². The van der Waals surface area contributed by atoms with Crippen molar-refractivity contribution in [3.05, 3.63) is 60.3 Å². The molecule has 1 fully saturated rings. The third-order valence-corrected chi connectivity index (χ3v) is 7.04. The van der Waals surface area contributed by atoms with Crippen LogP contribution in [0.2, 0.25) is 0 Å². The highest BCUT2D eigenvalue weighted by Gasteiger charge is 2.13. The molecule has 1 aliphatic rings. The molecule has 0 unspecified atom stereocenters. The van der Waals surface area contributed by atoms with Crippen molar-refractivity contribution in [3.8, 4) is 5.75 Å². The lowest BCUT2D eigenvalue weighted by molar-refractivity contribution is 0.238. The van der Waals surface area contributed by atoms with Gasteiger partial charge in [0.1, 0.15) is 18.2 Å². The number of aromatic nitrogens is 2. The number of likely N-dealkylation sites (tertiary alicyclic amines) is 1. The second-order valence-corrected chi connectivity index (χ2v) is 10.0. The van der Waals surface area contributed by atoms with Crippen LogP contribution in [0.25, 0.3) is 0 Å². The van der Waals surface area contributed by atoms with Crippen molar-refractivity contribution >= 4 is 33.2 Å². The molecule has 4 rings (SSSR count). The molecule has 0 atom stereocenters. The van der Waals surface area contributed by atoms with E-state index in [1.165, 1.54) is 39.0 Å². The number of hydrogen-bond donors (Lipinski definition) is 3. The molecule has 0 amide bonds. The number of benzene rings is 2. The van der Waals surface area contributed by atoms with Crippen LogP contribution in [0, 0.1) is 6.92 Å². The molecule has 2 heterocycles. The molecule has 0 saturated carbocycles. The summed E-state index contributed by atoms with van der Waals surface area (Å²) < 4.78 is 32.4. The van der Waals surface area contributed by atoms with Crippen LogP contribution in [0.15, 0.2) is 59.6 Å². The predicted molar refractivity (Wildman–Crippen MR) is 134 cm³/mol. The van der Waals surface area contributed by atoms with E-state index in [1.807, 2.05) is 31.2 Å². The van der Waals surface area contributed by atoms with E-state index in [0.29, 0.717) is 24.1 Å². The fraction of sp³-hybridized carbons (Fsp3) is 0.333. The van der Waals surface area contributed by atoms with Crippen LogP contribution >= 0.6 is 0 Å². The van der Waals surface area contributed by atoms with Crippen LogP contribution in [0.1, 0.15) is 18.4 Å². The lowest BCUT2D eigenvalue weighted by atomic mass is 10.3. The molecule has 0 bridgehead atoms. The molecule has 34 heavy (non-hydrogen) atoms. The van der Waals surface area contributed by atoms with Gasteiger partial charge in [-0.15, -0.1) is 0 Å². The summed E-state index contributed by atoms with van der Waals surface area (Å²) in [5.41, 5.74) is 2.28. The van der Waals surface area contributed by atoms with E-state index in [4.69, 9.17) is 4.74 Å². The highest BCUT2D eigenvalue weighted by atomic mass is 32.2. The fourth-order valence-electron chi connectivity index (χ4n) is 3.69. The van der Waals surface area contributed by atoms with Gasteiger partial charge in [0.25, 0.3) is 0 Å². The van der Waals surface area contributed by atoms with E-state index in [9.17, 15) is 8.42 Å². The Hall–Kier alpha value is -3.21. The molecule has 0 aliphatic carbocycles. The number of rotatable bonds is 10. The van der Waals surface area contributed by atoms with E-state index < -0.39 is 10.0 Å². The molecule has 1 aliphatic heterocycles. The topological polar surface area (TPSA) is 108 Å². The number of aryl methyl sites for hydroxylation is 1. The summed E-state index contributed by atoms with van der Waals surface area (Å²) in [5.74, 6) is 1.83. The van der Waals surface area contributed by atoms with Crippen LogP contribution in [-0.4, -0.2) is 56.6 Å². The summed E-state index contributed by atoms with van der Waals surface area (Å²) >= 11 is 0. The van der Waals surface area contributed by atoms with Crippen molar-refractivity contribution in [2.45, 2.75) is 24.7 Å². The summed E-state index contributed by atoms with van der Waals surface area (Å²) in [5, 5.41) is 6.38. The predicted octanol–water partition coefficient (Wildman–Crippen LogP) is 3.65. The largest absolute Gasteiger partial charge is 0.492 e.